The third-order valence-corrected chi connectivity index (χ3v) is 4.24. The molecule has 1 N–H and O–H groups in total. The van der Waals surface area contributed by atoms with Crippen molar-refractivity contribution < 1.29 is 0 Å². The lowest BCUT2D eigenvalue weighted by Crippen LogP contribution is -2.23. The fourth-order valence-electron chi connectivity index (χ4n) is 2.38. The van der Waals surface area contributed by atoms with Crippen LogP contribution in [0.1, 0.15) is 18.5 Å². The predicted octanol–water partition coefficient (Wildman–Crippen LogP) is 4.71. The van der Waals surface area contributed by atoms with Gasteiger partial charge in [0.25, 0.3) is 5.56 Å². The zero-order chi connectivity index (χ0) is 17.1. The second-order valence-corrected chi connectivity index (χ2v) is 6.16. The van der Waals surface area contributed by atoms with Crippen molar-refractivity contribution in [2.45, 2.75) is 13.0 Å². The molecule has 4 nitrogen and oxygen atoms in total. The minimum Gasteiger partial charge on any atom is -0.376 e. The van der Waals surface area contributed by atoms with E-state index in [4.69, 9.17) is 23.2 Å². The molecule has 0 aliphatic carbocycles. The zero-order valence-electron chi connectivity index (χ0n) is 12.9. The molecule has 1 aromatic heterocycles. The SMILES string of the molecule is C[C@H](Nc1cnn(-c2ccccc2)c(=O)c1Cl)c1cccc(Cl)c1. The molecule has 0 bridgehead atoms. The topological polar surface area (TPSA) is 46.9 Å². The molecular formula is C18H15Cl2N3O. The van der Waals surface area contributed by atoms with Crippen LogP contribution in [0.15, 0.2) is 65.6 Å². The van der Waals surface area contributed by atoms with E-state index in [0.717, 1.165) is 5.56 Å². The Morgan fingerprint density at radius 2 is 1.83 bits per heavy atom. The lowest BCUT2D eigenvalue weighted by atomic mass is 10.1. The predicted molar refractivity (Wildman–Crippen MR) is 98.3 cm³/mol. The zero-order valence-corrected chi connectivity index (χ0v) is 14.4. The molecule has 0 unspecified atom stereocenters. The lowest BCUT2D eigenvalue weighted by Gasteiger charge is -2.17. The summed E-state index contributed by atoms with van der Waals surface area (Å²) in [5.74, 6) is 0. The summed E-state index contributed by atoms with van der Waals surface area (Å²) in [5.41, 5.74) is 1.78. The van der Waals surface area contributed by atoms with Crippen molar-refractivity contribution in [1.82, 2.24) is 9.78 Å². The van der Waals surface area contributed by atoms with Crippen LogP contribution in [0.3, 0.4) is 0 Å². The number of para-hydroxylation sites is 1. The van der Waals surface area contributed by atoms with E-state index in [1.807, 2.05) is 49.4 Å². The first-order chi connectivity index (χ1) is 11.6. The molecule has 1 heterocycles. The van der Waals surface area contributed by atoms with Crippen molar-refractivity contribution in [2.75, 3.05) is 5.32 Å². The maximum absolute atomic E-state index is 12.5. The third kappa shape index (κ3) is 3.45. The minimum atomic E-state index is -0.369. The highest BCUT2D eigenvalue weighted by molar-refractivity contribution is 6.33. The van der Waals surface area contributed by atoms with Crippen LogP contribution in [0.2, 0.25) is 10.0 Å². The molecule has 2 aromatic carbocycles. The average Bonchev–Trinajstić information content (AvgIpc) is 2.60. The molecule has 0 saturated heterocycles. The summed E-state index contributed by atoms with van der Waals surface area (Å²) in [6.45, 7) is 1.96. The number of hydrogen-bond acceptors (Lipinski definition) is 3. The summed E-state index contributed by atoms with van der Waals surface area (Å²) in [6, 6.07) is 16.6. The second-order valence-electron chi connectivity index (χ2n) is 5.35. The van der Waals surface area contributed by atoms with Crippen molar-refractivity contribution in [3.8, 4) is 5.69 Å². The first-order valence-corrected chi connectivity index (χ1v) is 8.17. The molecule has 3 aromatic rings. The van der Waals surface area contributed by atoms with Crippen LogP contribution in [-0.2, 0) is 0 Å². The number of nitrogens with one attached hydrogen (secondary N) is 1. The highest BCUT2D eigenvalue weighted by atomic mass is 35.5. The van der Waals surface area contributed by atoms with Crippen LogP contribution in [0.4, 0.5) is 5.69 Å². The number of aromatic nitrogens is 2. The summed E-state index contributed by atoms with van der Waals surface area (Å²) in [7, 11) is 0. The van der Waals surface area contributed by atoms with Crippen molar-refractivity contribution in [3.05, 3.63) is 86.8 Å². The van der Waals surface area contributed by atoms with E-state index in [1.165, 1.54) is 4.68 Å². The normalized spacial score (nSPS) is 12.0. The monoisotopic (exact) mass is 359 g/mol. The molecule has 6 heteroatoms. The summed E-state index contributed by atoms with van der Waals surface area (Å²) in [6.07, 6.45) is 1.55. The third-order valence-electron chi connectivity index (χ3n) is 3.64. The Kier molecular flexibility index (Phi) is 4.88. The van der Waals surface area contributed by atoms with Gasteiger partial charge >= 0.3 is 0 Å². The van der Waals surface area contributed by atoms with Gasteiger partial charge in [0.05, 0.1) is 17.6 Å². The Bertz CT molecular complexity index is 910. The van der Waals surface area contributed by atoms with E-state index in [0.29, 0.717) is 16.4 Å². The number of anilines is 1. The first-order valence-electron chi connectivity index (χ1n) is 7.41. The Morgan fingerprint density at radius 1 is 1.08 bits per heavy atom. The molecule has 0 radical (unpaired) electrons. The number of hydrogen-bond donors (Lipinski definition) is 1. The van der Waals surface area contributed by atoms with Crippen molar-refractivity contribution in [2.24, 2.45) is 0 Å². The molecule has 24 heavy (non-hydrogen) atoms. The fourth-order valence-corrected chi connectivity index (χ4v) is 2.76. The van der Waals surface area contributed by atoms with E-state index in [2.05, 4.69) is 10.4 Å². The molecule has 0 aliphatic rings. The summed E-state index contributed by atoms with van der Waals surface area (Å²) in [4.78, 5) is 12.5. The van der Waals surface area contributed by atoms with Gasteiger partial charge in [-0.1, -0.05) is 53.5 Å². The summed E-state index contributed by atoms with van der Waals surface area (Å²) in [5, 5.41) is 8.17. The van der Waals surface area contributed by atoms with Crippen molar-refractivity contribution >= 4 is 28.9 Å². The van der Waals surface area contributed by atoms with Gasteiger partial charge in [0, 0.05) is 11.1 Å². The van der Waals surface area contributed by atoms with Crippen LogP contribution in [0, 0.1) is 0 Å². The maximum atomic E-state index is 12.5. The van der Waals surface area contributed by atoms with E-state index in [-0.39, 0.29) is 16.6 Å². The summed E-state index contributed by atoms with van der Waals surface area (Å²) < 4.78 is 1.28. The second kappa shape index (κ2) is 7.07. The number of nitrogens with zero attached hydrogens (tertiary/aromatic N) is 2. The van der Waals surface area contributed by atoms with Gasteiger partial charge in [-0.15, -0.1) is 0 Å². The van der Waals surface area contributed by atoms with Gasteiger partial charge in [-0.2, -0.15) is 9.78 Å². The fraction of sp³-hybridized carbons (Fsp3) is 0.111. The van der Waals surface area contributed by atoms with Gasteiger partial charge in [-0.3, -0.25) is 4.79 Å². The van der Waals surface area contributed by atoms with E-state index in [1.54, 1.807) is 18.3 Å². The van der Waals surface area contributed by atoms with Gasteiger partial charge in [0.2, 0.25) is 0 Å². The number of rotatable bonds is 4. The van der Waals surface area contributed by atoms with Crippen LogP contribution in [0.25, 0.3) is 5.69 Å². The molecule has 0 amide bonds. The highest BCUT2D eigenvalue weighted by Crippen LogP contribution is 2.24. The van der Waals surface area contributed by atoms with Gasteiger partial charge < -0.3 is 5.32 Å². The Balaban J connectivity index is 1.90. The number of benzene rings is 2. The van der Waals surface area contributed by atoms with E-state index in [9.17, 15) is 4.79 Å². The van der Waals surface area contributed by atoms with Crippen LogP contribution >= 0.6 is 23.2 Å². The van der Waals surface area contributed by atoms with E-state index < -0.39 is 0 Å². The molecule has 3 rings (SSSR count). The Hall–Kier alpha value is -2.30. The standard InChI is InChI=1S/C18H15Cl2N3O/c1-12(13-6-5-7-14(19)10-13)22-16-11-21-23(18(24)17(16)20)15-8-3-2-4-9-15/h2-12,22H,1H3/t12-/m0/s1. The molecular weight excluding hydrogens is 345 g/mol. The highest BCUT2D eigenvalue weighted by Gasteiger charge is 2.13. The maximum Gasteiger partial charge on any atom is 0.292 e. The van der Waals surface area contributed by atoms with Crippen LogP contribution in [0.5, 0.6) is 0 Å². The summed E-state index contributed by atoms with van der Waals surface area (Å²) >= 11 is 12.3. The van der Waals surface area contributed by atoms with Gasteiger partial charge in [0.1, 0.15) is 5.02 Å². The largest absolute Gasteiger partial charge is 0.376 e. The molecule has 0 spiro atoms. The van der Waals surface area contributed by atoms with Crippen molar-refractivity contribution in [1.29, 1.82) is 0 Å². The molecule has 122 valence electrons. The molecule has 0 aliphatic heterocycles. The van der Waals surface area contributed by atoms with Gasteiger partial charge in [-0.05, 0) is 36.8 Å². The average molecular weight is 360 g/mol. The molecule has 1 atom stereocenters. The van der Waals surface area contributed by atoms with Gasteiger partial charge in [0.15, 0.2) is 0 Å². The lowest BCUT2D eigenvalue weighted by molar-refractivity contribution is 0.799. The molecule has 0 saturated carbocycles. The van der Waals surface area contributed by atoms with Crippen LogP contribution < -0.4 is 10.9 Å². The first kappa shape index (κ1) is 16.6. The van der Waals surface area contributed by atoms with E-state index >= 15 is 0 Å². The Morgan fingerprint density at radius 3 is 2.54 bits per heavy atom. The minimum absolute atomic E-state index is 0.0741. The molecule has 0 fully saturated rings. The van der Waals surface area contributed by atoms with Gasteiger partial charge in [-0.25, -0.2) is 0 Å². The van der Waals surface area contributed by atoms with Crippen molar-refractivity contribution in [3.63, 3.8) is 0 Å². The quantitative estimate of drug-likeness (QED) is 0.733. The van der Waals surface area contributed by atoms with Crippen LogP contribution in [-0.4, -0.2) is 9.78 Å². The Labute approximate surface area is 149 Å². The number of halogens is 2. The smallest absolute Gasteiger partial charge is 0.292 e.